The first-order chi connectivity index (χ1) is 38.6. The molecule has 9 heterocycles. The number of aromatic nitrogens is 12. The van der Waals surface area contributed by atoms with Crippen LogP contribution in [0.4, 0.5) is 63.0 Å². The molecule has 0 amide bonds. The van der Waals surface area contributed by atoms with Gasteiger partial charge in [-0.1, -0.05) is 19.7 Å². The number of thiocarbonyl (C=S) groups is 1. The Bertz CT molecular complexity index is 3610. The smallest absolute Gasteiger partial charge is 0.512 e. The van der Waals surface area contributed by atoms with Crippen LogP contribution in [0.2, 0.25) is 0 Å². The molecule has 9 aromatic rings. The molecule has 31 nitrogen and oxygen atoms in total. The van der Waals surface area contributed by atoms with Crippen molar-refractivity contribution in [2.45, 2.75) is 0 Å². The number of nitrogens with zero attached hydrogens (tertiary/aromatic N) is 18. The number of hydrogen-bond donors (Lipinski definition) is 7. The van der Waals surface area contributed by atoms with Crippen molar-refractivity contribution >= 4 is 151 Å². The van der Waals surface area contributed by atoms with Gasteiger partial charge in [-0.3, -0.25) is 44.5 Å². The summed E-state index contributed by atoms with van der Waals surface area (Å²) >= 11 is 19.2. The van der Waals surface area contributed by atoms with E-state index < -0.39 is 14.8 Å². The van der Waals surface area contributed by atoms with E-state index in [2.05, 4.69) is 112 Å². The third-order valence-corrected chi connectivity index (χ3v) is 10.6. The fourth-order valence-corrected chi connectivity index (χ4v) is 6.71. The number of halogens is 3. The zero-order valence-corrected chi connectivity index (χ0v) is 49.4. The Morgan fingerprint density at radius 2 is 1.04 bits per heavy atom. The fourth-order valence-electron chi connectivity index (χ4n) is 4.83. The topological polar surface area (TPSA) is 438 Å². The average molecular weight is 1400 g/mol. The van der Waals surface area contributed by atoms with Crippen molar-refractivity contribution in [1.29, 1.82) is 5.26 Å². The number of fused-ring (bicyclic) bond motifs is 1. The molecule has 37 heteroatoms. The van der Waals surface area contributed by atoms with E-state index in [1.54, 1.807) is 71.2 Å². The van der Waals surface area contributed by atoms with Crippen LogP contribution in [-0.4, -0.2) is 105 Å². The van der Waals surface area contributed by atoms with E-state index in [0.29, 0.717) is 40.8 Å². The summed E-state index contributed by atoms with van der Waals surface area (Å²) in [6, 6.07) is 11.1. The van der Waals surface area contributed by atoms with E-state index in [1.165, 1.54) is 42.3 Å². The largest absolute Gasteiger partial charge is 1.00 e. The van der Waals surface area contributed by atoms with Crippen LogP contribution in [0.5, 0.6) is 0 Å². The zero-order valence-electron chi connectivity index (χ0n) is 42.1. The SMILES string of the molecule is CN(C)c1ccncc1.CO.Nc1cc(Br)ncc1[N+](=O)[O-].O=[N+]([O-])c1cnc(Br)cc1Br.S=C(n1ccnc1)n1ccnc1.[C-]#N.[C-]#[N+]c1cc(N)c(N)cn1.[C-]#[N+]c1cc(N)c([N+](=O)[O-])cn1.[C-]#[N+]c1cc2[nH]c(=S)[nH]c2cn1.[Cu+]. The van der Waals surface area contributed by atoms with Gasteiger partial charge in [-0.05, 0) is 109 Å². The number of hydrogen-bond acceptors (Lipinski definition) is 23. The van der Waals surface area contributed by atoms with Crippen molar-refractivity contribution in [3.63, 3.8) is 0 Å². The molecule has 0 aliphatic carbocycles. The summed E-state index contributed by atoms with van der Waals surface area (Å²) < 4.78 is 5.52. The molecular formula is C45H40Br3CuN24O7S2. The van der Waals surface area contributed by atoms with Gasteiger partial charge < -0.3 is 69.3 Å². The number of nitrogens with one attached hydrogen (secondary N) is 2. The first kappa shape index (κ1) is 72.2. The summed E-state index contributed by atoms with van der Waals surface area (Å²) in [6.45, 7) is 24.6. The first-order valence-corrected chi connectivity index (χ1v) is 24.2. The van der Waals surface area contributed by atoms with Crippen molar-refractivity contribution in [1.82, 2.24) is 59.0 Å². The summed E-state index contributed by atoms with van der Waals surface area (Å²) in [4.78, 5) is 76.2. The predicted molar refractivity (Wildman–Crippen MR) is 317 cm³/mol. The number of imidazole rings is 3. The second-order valence-electron chi connectivity index (χ2n) is 13.9. The third kappa shape index (κ3) is 25.3. The molecule has 0 spiro atoms. The molecule has 0 bridgehead atoms. The molecule has 0 saturated heterocycles. The molecule has 0 fully saturated rings. The van der Waals surface area contributed by atoms with E-state index in [-0.39, 0.29) is 57.1 Å². The van der Waals surface area contributed by atoms with Crippen molar-refractivity contribution in [3.8, 4) is 0 Å². The van der Waals surface area contributed by atoms with E-state index in [1.807, 2.05) is 31.1 Å². The molecule has 0 aliphatic heterocycles. The number of nitrogens with two attached hydrogens (primary N) is 4. The van der Waals surface area contributed by atoms with Gasteiger partial charge in [0.25, 0.3) is 17.5 Å². The van der Waals surface area contributed by atoms with Gasteiger partial charge in [0.05, 0.1) is 30.4 Å². The maximum absolute atomic E-state index is 10.3. The number of aromatic amines is 2. The Labute approximate surface area is 510 Å². The van der Waals surface area contributed by atoms with Crippen molar-refractivity contribution in [2.75, 3.05) is 49.0 Å². The minimum atomic E-state index is -0.643. The van der Waals surface area contributed by atoms with Crippen molar-refractivity contribution < 1.29 is 36.9 Å². The summed E-state index contributed by atoms with van der Waals surface area (Å²) in [7, 11) is 5.02. The minimum Gasteiger partial charge on any atom is -0.512 e. The molecular weight excluding hydrogens is 1360 g/mol. The molecule has 0 aromatic carbocycles. The molecule has 11 N–H and O–H groups in total. The number of anilines is 5. The number of nitro groups is 3. The quantitative estimate of drug-likeness (QED) is 0.0215. The normalized spacial score (nSPS) is 8.95. The summed E-state index contributed by atoms with van der Waals surface area (Å²) in [5.41, 5.74) is 24.6. The second-order valence-corrected chi connectivity index (χ2v) is 17.1. The van der Waals surface area contributed by atoms with Crippen LogP contribution in [0.1, 0.15) is 0 Å². The number of H-pyrrole nitrogens is 2. The molecule has 0 unspecified atom stereocenters. The van der Waals surface area contributed by atoms with Gasteiger partial charge in [0, 0.05) is 75.8 Å². The second kappa shape index (κ2) is 38.7. The summed E-state index contributed by atoms with van der Waals surface area (Å²) in [5, 5.41) is 44.6. The molecule has 9 rings (SSSR count). The van der Waals surface area contributed by atoms with E-state index in [4.69, 9.17) is 84.0 Å². The molecule has 426 valence electrons. The number of pyridine rings is 6. The van der Waals surface area contributed by atoms with Crippen LogP contribution in [-0.2, 0) is 17.1 Å². The number of aliphatic hydroxyl groups is 1. The number of aliphatic hydroxyl groups excluding tert-OH is 1. The maximum atomic E-state index is 10.3. The van der Waals surface area contributed by atoms with Crippen LogP contribution in [0.15, 0.2) is 137 Å². The van der Waals surface area contributed by atoms with Gasteiger partial charge in [0.1, 0.15) is 63.5 Å². The van der Waals surface area contributed by atoms with Crippen LogP contribution in [0, 0.1) is 66.7 Å². The average Bonchev–Trinajstić information content (AvgIpc) is 4.28. The van der Waals surface area contributed by atoms with E-state index >= 15 is 0 Å². The Balaban J connectivity index is 0.000000923. The Kier molecular flexibility index (Phi) is 34.1. The van der Waals surface area contributed by atoms with Crippen molar-refractivity contribution in [2.24, 2.45) is 0 Å². The molecule has 0 radical (unpaired) electrons. The van der Waals surface area contributed by atoms with Crippen LogP contribution in [0.3, 0.4) is 0 Å². The van der Waals surface area contributed by atoms with Gasteiger partial charge in [0.2, 0.25) is 0 Å². The van der Waals surface area contributed by atoms with Gasteiger partial charge in [-0.25, -0.2) is 19.9 Å². The van der Waals surface area contributed by atoms with Crippen LogP contribution < -0.4 is 27.8 Å². The Morgan fingerprint density at radius 3 is 1.44 bits per heavy atom. The Hall–Kier alpha value is -9.82. The molecule has 82 heavy (non-hydrogen) atoms. The molecule has 0 atom stereocenters. The minimum absolute atomic E-state index is 0. The maximum Gasteiger partial charge on any atom is 1.00 e. The van der Waals surface area contributed by atoms with Gasteiger partial charge in [0.15, 0.2) is 16.1 Å². The van der Waals surface area contributed by atoms with E-state index in [9.17, 15) is 30.3 Å². The number of nitrogen functional groups attached to an aromatic ring is 4. The first-order valence-electron chi connectivity index (χ1n) is 21.0. The monoisotopic (exact) mass is 1390 g/mol. The predicted octanol–water partition coefficient (Wildman–Crippen LogP) is 9.55. The molecule has 0 saturated carbocycles. The number of rotatable bonds is 4. The standard InChI is InChI=1S/C7H4N4S.C7H6N4S.C7H10N2.C6H4N4O2.C6H6N4.C5H2Br2N2O2.C5H4BrN3O2.CN.CH4O.Cu/c1-8-6-2-4-5(3-9-6)11-7(12)10-4;12-7(10-3-1-8-5-10)11-4-2-9-6-11;1-9(2)7-3-5-8-6-4-7;1-8-6-2-4(7)5(3-9-6)10(11)12;1-9-6-2-4(7)5(8)3-10-6;6-3-1-5(7)8-2-4(3)9(10)11;6-5-1-3(7)4(2-8-5)9(10)11;2*1-2;/h2-3H,(H2,10,11,12);1-6H;3-6H,1-2H3;2-3H,(H2,7,9);2-3H,8H2,(H2,7,10);1-2H;1-2H,(H2,7,8);;2H,1H3;/q;;;;;;;-1;;+1. The van der Waals surface area contributed by atoms with Crippen LogP contribution in [0.25, 0.3) is 25.6 Å². The van der Waals surface area contributed by atoms with Crippen molar-refractivity contribution in [3.05, 3.63) is 213 Å². The molecule has 9 aromatic heterocycles. The molecule has 0 aliphatic rings. The van der Waals surface area contributed by atoms with Crippen LogP contribution >= 0.6 is 72.2 Å². The fraction of sp³-hybridized carbons (Fsp3) is 0.0667. The van der Waals surface area contributed by atoms with Gasteiger partial charge in [-0.15, -0.1) is 15.0 Å². The van der Waals surface area contributed by atoms with E-state index in [0.717, 1.165) is 30.5 Å². The van der Waals surface area contributed by atoms with Gasteiger partial charge in [-0.2, -0.15) is 0 Å². The third-order valence-electron chi connectivity index (χ3n) is 8.48. The summed E-state index contributed by atoms with van der Waals surface area (Å²) in [5.74, 6) is 0.692. The van der Waals surface area contributed by atoms with Gasteiger partial charge >= 0.3 is 34.1 Å². The summed E-state index contributed by atoms with van der Waals surface area (Å²) in [6.07, 6.45) is 20.1. The zero-order chi connectivity index (χ0) is 61.2. The Morgan fingerprint density at radius 1 is 0.622 bits per heavy atom.